The Balaban J connectivity index is 2.88. The molecule has 0 N–H and O–H groups in total. The summed E-state index contributed by atoms with van der Waals surface area (Å²) in [4.78, 5) is 11.3. The monoisotopic (exact) mass is 306 g/mol. The van der Waals surface area contributed by atoms with Crippen LogP contribution in [0.1, 0.15) is 20.8 Å². The summed E-state index contributed by atoms with van der Waals surface area (Å²) in [5.41, 5.74) is -1.23. The van der Waals surface area contributed by atoms with Crippen molar-refractivity contribution in [2.75, 3.05) is 6.61 Å². The highest BCUT2D eigenvalue weighted by molar-refractivity contribution is 7.86. The Morgan fingerprint density at radius 1 is 1.25 bits per heavy atom. The number of ether oxygens (including phenoxy) is 2. The van der Waals surface area contributed by atoms with Gasteiger partial charge in [-0.05, 0) is 49.6 Å². The second kappa shape index (κ2) is 6.19. The third-order valence-corrected chi connectivity index (χ3v) is 3.35. The van der Waals surface area contributed by atoms with Gasteiger partial charge in [0, 0.05) is 0 Å². The molecule has 0 aliphatic carbocycles. The number of hydrogen-bond acceptors (Lipinski definition) is 6. The topological polar surface area (TPSA) is 78.9 Å². The second-order valence-corrected chi connectivity index (χ2v) is 5.83. The van der Waals surface area contributed by atoms with Crippen LogP contribution in [0.25, 0.3) is 0 Å². The van der Waals surface area contributed by atoms with Crippen LogP contribution in [0.15, 0.2) is 29.2 Å². The van der Waals surface area contributed by atoms with Gasteiger partial charge < -0.3 is 9.47 Å². The maximum absolute atomic E-state index is 11.8. The van der Waals surface area contributed by atoms with Crippen molar-refractivity contribution in [3.05, 3.63) is 24.3 Å². The molecular weight excluding hydrogens is 291 g/mol. The molecule has 0 aliphatic heterocycles. The Bertz CT molecular complexity index is 564. The maximum atomic E-state index is 11.8. The largest absolute Gasteiger partial charge is 0.476 e. The summed E-state index contributed by atoms with van der Waals surface area (Å²) in [5, 5.41) is 0. The van der Waals surface area contributed by atoms with Crippen molar-refractivity contribution in [3.63, 3.8) is 0 Å². The van der Waals surface area contributed by atoms with Gasteiger partial charge in [-0.1, -0.05) is 4.39 Å². The van der Waals surface area contributed by atoms with E-state index in [2.05, 4.69) is 4.39 Å². The maximum Gasteiger partial charge on any atom is 0.349 e. The summed E-state index contributed by atoms with van der Waals surface area (Å²) in [6.45, 7) is 4.92. The number of carbonyl (C=O) groups is 1. The van der Waals surface area contributed by atoms with Crippen LogP contribution < -0.4 is 4.74 Å². The molecule has 6 nitrogen and oxygen atoms in total. The molecule has 0 fully saturated rings. The highest BCUT2D eigenvalue weighted by Gasteiger charge is 2.31. The predicted octanol–water partition coefficient (Wildman–Crippen LogP) is 2.00. The van der Waals surface area contributed by atoms with Crippen LogP contribution in [0.2, 0.25) is 0 Å². The lowest BCUT2D eigenvalue weighted by atomic mass is 10.1. The van der Waals surface area contributed by atoms with E-state index in [1.807, 2.05) is 0 Å². The first-order valence-corrected chi connectivity index (χ1v) is 7.15. The summed E-state index contributed by atoms with van der Waals surface area (Å²) < 4.78 is 47.1. The molecule has 0 unspecified atom stereocenters. The molecule has 0 bridgehead atoms. The van der Waals surface area contributed by atoms with Crippen LogP contribution in [0.3, 0.4) is 0 Å². The second-order valence-electron chi connectivity index (χ2n) is 4.32. The molecule has 1 aromatic rings. The van der Waals surface area contributed by atoms with Gasteiger partial charge in [-0.2, -0.15) is 8.42 Å². The number of carbonyl (C=O) groups excluding carboxylic acids is 1. The lowest BCUT2D eigenvalue weighted by Gasteiger charge is -2.24. The Morgan fingerprint density at radius 2 is 1.80 bits per heavy atom. The fourth-order valence-electron chi connectivity index (χ4n) is 1.35. The summed E-state index contributed by atoms with van der Waals surface area (Å²) in [5.74, 6) is -0.315. The molecule has 0 heterocycles. The molecular formula is C12H15FO6S. The average molecular weight is 306 g/mol. The van der Waals surface area contributed by atoms with Crippen LogP contribution in [-0.4, -0.2) is 26.6 Å². The Morgan fingerprint density at radius 3 is 2.25 bits per heavy atom. The van der Waals surface area contributed by atoms with E-state index in [0.29, 0.717) is 0 Å². The van der Waals surface area contributed by atoms with Gasteiger partial charge in [0.25, 0.3) is 0 Å². The molecule has 1 rings (SSSR count). The SMILES string of the molecule is CCOC(=O)C(C)(C)Oc1ccc(S(=O)(=O)OF)cc1. The van der Waals surface area contributed by atoms with Gasteiger partial charge in [0.05, 0.1) is 11.5 Å². The minimum atomic E-state index is -4.40. The van der Waals surface area contributed by atoms with Crippen molar-refractivity contribution in [1.82, 2.24) is 0 Å². The smallest absolute Gasteiger partial charge is 0.349 e. The third kappa shape index (κ3) is 3.91. The first-order valence-electron chi connectivity index (χ1n) is 5.74. The minimum absolute atomic E-state index is 0.219. The van der Waals surface area contributed by atoms with E-state index in [0.717, 1.165) is 12.1 Å². The molecule has 8 heteroatoms. The van der Waals surface area contributed by atoms with Crippen molar-refractivity contribution in [1.29, 1.82) is 0 Å². The van der Waals surface area contributed by atoms with Gasteiger partial charge in [0.2, 0.25) is 0 Å². The number of hydrogen-bond donors (Lipinski definition) is 0. The standard InChI is InChI=1S/C12H15FO6S/c1-4-17-11(14)12(2,3)18-9-5-7-10(8-6-9)20(15,16)19-13/h5-8H,4H2,1-3H3. The van der Waals surface area contributed by atoms with Crippen molar-refractivity contribution in [3.8, 4) is 5.75 Å². The zero-order valence-corrected chi connectivity index (χ0v) is 12.1. The summed E-state index contributed by atoms with van der Waals surface area (Å²) >= 11 is 0. The lowest BCUT2D eigenvalue weighted by molar-refractivity contribution is -0.158. The van der Waals surface area contributed by atoms with Gasteiger partial charge in [-0.25, -0.2) is 4.79 Å². The third-order valence-electron chi connectivity index (χ3n) is 2.34. The van der Waals surface area contributed by atoms with Crippen LogP contribution >= 0.6 is 0 Å². The molecule has 0 spiro atoms. The number of rotatable bonds is 6. The average Bonchev–Trinajstić information content (AvgIpc) is 2.39. The van der Waals surface area contributed by atoms with E-state index in [1.54, 1.807) is 6.92 Å². The fraction of sp³-hybridized carbons (Fsp3) is 0.417. The van der Waals surface area contributed by atoms with Gasteiger partial charge in [-0.3, -0.25) is 0 Å². The van der Waals surface area contributed by atoms with Crippen LogP contribution in [-0.2, 0) is 24.0 Å². The first kappa shape index (κ1) is 16.4. The first-order chi connectivity index (χ1) is 9.23. The van der Waals surface area contributed by atoms with Crippen molar-refractivity contribution >= 4 is 16.1 Å². The molecule has 0 radical (unpaired) electrons. The molecule has 0 aromatic heterocycles. The predicted molar refractivity (Wildman–Crippen MR) is 67.2 cm³/mol. The molecule has 112 valence electrons. The highest BCUT2D eigenvalue weighted by Crippen LogP contribution is 2.22. The van der Waals surface area contributed by atoms with E-state index in [1.165, 1.54) is 26.0 Å². The van der Waals surface area contributed by atoms with Gasteiger partial charge in [0.1, 0.15) is 5.75 Å². The van der Waals surface area contributed by atoms with Crippen molar-refractivity contribution in [2.45, 2.75) is 31.3 Å². The molecule has 20 heavy (non-hydrogen) atoms. The van der Waals surface area contributed by atoms with Gasteiger partial charge >= 0.3 is 16.1 Å². The van der Waals surface area contributed by atoms with Crippen LogP contribution in [0, 0.1) is 0 Å². The Labute approximate surface area is 116 Å². The Hall–Kier alpha value is -1.67. The molecule has 0 saturated heterocycles. The number of esters is 1. The summed E-state index contributed by atoms with van der Waals surface area (Å²) in [6.07, 6.45) is 0. The molecule has 0 aliphatic rings. The van der Waals surface area contributed by atoms with Crippen molar-refractivity contribution < 1.29 is 31.6 Å². The molecule has 0 saturated carbocycles. The van der Waals surface area contributed by atoms with Crippen LogP contribution in [0.5, 0.6) is 5.75 Å². The quantitative estimate of drug-likeness (QED) is 0.748. The van der Waals surface area contributed by atoms with E-state index >= 15 is 0 Å². The number of benzene rings is 1. The molecule has 0 amide bonds. The van der Waals surface area contributed by atoms with E-state index < -0.39 is 21.7 Å². The summed E-state index contributed by atoms with van der Waals surface area (Å²) in [7, 11) is -4.40. The van der Waals surface area contributed by atoms with Gasteiger partial charge in [-0.15, -0.1) is 0 Å². The minimum Gasteiger partial charge on any atom is -0.476 e. The van der Waals surface area contributed by atoms with E-state index in [9.17, 15) is 17.7 Å². The number of halogens is 1. The highest BCUT2D eigenvalue weighted by atomic mass is 32.2. The van der Waals surface area contributed by atoms with Crippen molar-refractivity contribution in [2.24, 2.45) is 0 Å². The normalized spacial score (nSPS) is 12.0. The van der Waals surface area contributed by atoms with Gasteiger partial charge in [0.15, 0.2) is 5.60 Å². The zero-order valence-electron chi connectivity index (χ0n) is 11.3. The zero-order chi connectivity index (χ0) is 15.4. The fourth-order valence-corrected chi connectivity index (χ4v) is 1.89. The molecule has 1 aromatic carbocycles. The molecule has 0 atom stereocenters. The van der Waals surface area contributed by atoms with E-state index in [4.69, 9.17) is 9.47 Å². The Kier molecular flexibility index (Phi) is 5.07. The lowest BCUT2D eigenvalue weighted by Crippen LogP contribution is -2.39. The van der Waals surface area contributed by atoms with E-state index in [-0.39, 0.29) is 17.3 Å². The van der Waals surface area contributed by atoms with Crippen LogP contribution in [0.4, 0.5) is 4.53 Å². The summed E-state index contributed by atoms with van der Waals surface area (Å²) in [6, 6.07) is 4.77.